The summed E-state index contributed by atoms with van der Waals surface area (Å²) in [6, 6.07) is 0. The van der Waals surface area contributed by atoms with Gasteiger partial charge in [-0.1, -0.05) is 20.8 Å². The van der Waals surface area contributed by atoms with Crippen molar-refractivity contribution in [3.8, 4) is 0 Å². The van der Waals surface area contributed by atoms with E-state index in [9.17, 15) is 9.90 Å². The molecule has 0 rings (SSSR count). The van der Waals surface area contributed by atoms with Gasteiger partial charge in [0.2, 0.25) is 0 Å². The zero-order valence-electron chi connectivity index (χ0n) is 12.4. The molecule has 0 aliphatic carbocycles. The third kappa shape index (κ3) is 7.18. The van der Waals surface area contributed by atoms with Gasteiger partial charge in [-0.25, -0.2) is 0 Å². The van der Waals surface area contributed by atoms with Gasteiger partial charge in [-0.3, -0.25) is 4.79 Å². The Bertz CT molecular complexity index is 251. The van der Waals surface area contributed by atoms with Crippen molar-refractivity contribution in [2.75, 3.05) is 24.7 Å². The highest BCUT2D eigenvalue weighted by Gasteiger charge is 2.35. The van der Waals surface area contributed by atoms with E-state index in [0.29, 0.717) is 18.8 Å². The van der Waals surface area contributed by atoms with Crippen LogP contribution in [-0.2, 0) is 4.79 Å². The molecule has 0 saturated carbocycles. The fourth-order valence-corrected chi connectivity index (χ4v) is 2.92. The fraction of sp³-hybridized carbons (Fsp3) is 0.929. The van der Waals surface area contributed by atoms with Crippen molar-refractivity contribution in [3.63, 3.8) is 0 Å². The zero-order valence-corrected chi connectivity index (χ0v) is 13.3. The van der Waals surface area contributed by atoms with E-state index in [-0.39, 0.29) is 6.61 Å². The van der Waals surface area contributed by atoms with Gasteiger partial charge in [-0.15, -0.1) is 0 Å². The average Bonchev–Trinajstić information content (AvgIpc) is 2.41. The molecule has 0 amide bonds. The van der Waals surface area contributed by atoms with Crippen molar-refractivity contribution in [2.24, 2.45) is 5.92 Å². The van der Waals surface area contributed by atoms with Crippen LogP contribution in [0, 0.1) is 5.92 Å². The van der Waals surface area contributed by atoms with Gasteiger partial charge in [0.1, 0.15) is 5.54 Å². The number of aliphatic carboxylic acids is 1. The molecule has 2 atom stereocenters. The number of aliphatic hydroxyl groups is 1. The van der Waals surface area contributed by atoms with Gasteiger partial charge >= 0.3 is 5.97 Å². The second kappa shape index (κ2) is 10.5. The summed E-state index contributed by atoms with van der Waals surface area (Å²) < 4.78 is 0. The van der Waals surface area contributed by atoms with E-state index in [1.807, 2.05) is 20.8 Å². The predicted octanol–water partition coefficient (Wildman–Crippen LogP) is 2.36. The van der Waals surface area contributed by atoms with Gasteiger partial charge in [-0.2, -0.15) is 11.8 Å². The first-order chi connectivity index (χ1) is 9.02. The van der Waals surface area contributed by atoms with Crippen molar-refractivity contribution in [3.05, 3.63) is 0 Å². The minimum Gasteiger partial charge on any atom is -0.480 e. The smallest absolute Gasteiger partial charge is 0.323 e. The quantitative estimate of drug-likeness (QED) is 0.482. The lowest BCUT2D eigenvalue weighted by Crippen LogP contribution is -2.52. The summed E-state index contributed by atoms with van der Waals surface area (Å²) in [5.41, 5.74) is -0.765. The number of hydrogen-bond acceptors (Lipinski definition) is 4. The first kappa shape index (κ1) is 18.7. The molecule has 0 aromatic heterocycles. The van der Waals surface area contributed by atoms with E-state index in [0.717, 1.165) is 30.9 Å². The number of hydrogen-bond donors (Lipinski definition) is 3. The highest BCUT2D eigenvalue weighted by molar-refractivity contribution is 7.99. The number of carboxylic acid groups (broad SMARTS) is 1. The number of nitrogens with one attached hydrogen (secondary N) is 1. The van der Waals surface area contributed by atoms with Crippen LogP contribution in [0.4, 0.5) is 0 Å². The van der Waals surface area contributed by atoms with E-state index < -0.39 is 11.5 Å². The highest BCUT2D eigenvalue weighted by Crippen LogP contribution is 2.20. The first-order valence-electron chi connectivity index (χ1n) is 7.19. The Morgan fingerprint density at radius 1 is 1.42 bits per heavy atom. The van der Waals surface area contributed by atoms with Crippen molar-refractivity contribution >= 4 is 17.7 Å². The number of thioether (sulfide) groups is 1. The summed E-state index contributed by atoms with van der Waals surface area (Å²) in [5, 5.41) is 21.6. The Balaban J connectivity index is 4.09. The summed E-state index contributed by atoms with van der Waals surface area (Å²) >= 11 is 1.79. The summed E-state index contributed by atoms with van der Waals surface area (Å²) in [4.78, 5) is 11.5. The summed E-state index contributed by atoms with van der Waals surface area (Å²) in [7, 11) is 0. The summed E-state index contributed by atoms with van der Waals surface area (Å²) in [6.07, 6.45) is 3.11. The molecule has 0 radical (unpaired) electrons. The number of carboxylic acids is 1. The zero-order chi connectivity index (χ0) is 14.7. The molecule has 114 valence electrons. The van der Waals surface area contributed by atoms with Crippen LogP contribution in [0.2, 0.25) is 0 Å². The lowest BCUT2D eigenvalue weighted by molar-refractivity contribution is -0.145. The van der Waals surface area contributed by atoms with Crippen LogP contribution >= 0.6 is 11.8 Å². The second-order valence-electron chi connectivity index (χ2n) is 5.13. The van der Waals surface area contributed by atoms with E-state index in [2.05, 4.69) is 5.32 Å². The Labute approximate surface area is 121 Å². The molecule has 2 unspecified atom stereocenters. The fourth-order valence-electron chi connectivity index (χ4n) is 1.90. The molecule has 0 aliphatic rings. The highest BCUT2D eigenvalue weighted by atomic mass is 32.2. The molecule has 0 fully saturated rings. The Hall–Kier alpha value is -0.260. The van der Waals surface area contributed by atoms with Crippen LogP contribution in [0.3, 0.4) is 0 Å². The van der Waals surface area contributed by atoms with Crippen molar-refractivity contribution in [2.45, 2.75) is 52.0 Å². The molecule has 3 N–H and O–H groups in total. The maximum atomic E-state index is 11.5. The standard InChI is InChI=1S/C14H29NO3S/c1-4-8-15-14(5-2,13(17)18)7-6-9-19-11-12(3)10-16/h12,15-16H,4-11H2,1-3H3,(H,17,18). The Morgan fingerprint density at radius 2 is 2.11 bits per heavy atom. The predicted molar refractivity (Wildman–Crippen MR) is 81.8 cm³/mol. The molecule has 0 spiro atoms. The van der Waals surface area contributed by atoms with E-state index >= 15 is 0 Å². The normalized spacial score (nSPS) is 16.0. The molecule has 0 heterocycles. The molecular formula is C14H29NO3S. The lowest BCUT2D eigenvalue weighted by atomic mass is 9.90. The van der Waals surface area contributed by atoms with Gasteiger partial charge in [0.25, 0.3) is 0 Å². The third-order valence-corrected chi connectivity index (χ3v) is 4.71. The van der Waals surface area contributed by atoms with Gasteiger partial charge in [0, 0.05) is 6.61 Å². The molecule has 0 aromatic rings. The minimum atomic E-state index is -0.765. The molecule has 0 saturated heterocycles. The van der Waals surface area contributed by atoms with Crippen LogP contribution in [0.25, 0.3) is 0 Å². The van der Waals surface area contributed by atoms with Crippen molar-refractivity contribution in [1.82, 2.24) is 5.32 Å². The van der Waals surface area contributed by atoms with Crippen LogP contribution in [-0.4, -0.2) is 46.4 Å². The summed E-state index contributed by atoms with van der Waals surface area (Å²) in [6.45, 7) is 6.95. The molecular weight excluding hydrogens is 262 g/mol. The lowest BCUT2D eigenvalue weighted by Gasteiger charge is -2.29. The Morgan fingerprint density at radius 3 is 2.58 bits per heavy atom. The molecule has 19 heavy (non-hydrogen) atoms. The van der Waals surface area contributed by atoms with Crippen molar-refractivity contribution < 1.29 is 15.0 Å². The van der Waals surface area contributed by atoms with E-state index in [1.54, 1.807) is 11.8 Å². The van der Waals surface area contributed by atoms with Crippen molar-refractivity contribution in [1.29, 1.82) is 0 Å². The maximum Gasteiger partial charge on any atom is 0.323 e. The molecule has 0 bridgehead atoms. The van der Waals surface area contributed by atoms with Crippen LogP contribution < -0.4 is 5.32 Å². The number of rotatable bonds is 12. The SMILES string of the molecule is CCCNC(CC)(CCCSCC(C)CO)C(=O)O. The number of carbonyl (C=O) groups is 1. The van der Waals surface area contributed by atoms with Gasteiger partial charge in [0.05, 0.1) is 0 Å². The minimum absolute atomic E-state index is 0.221. The van der Waals surface area contributed by atoms with Gasteiger partial charge in [-0.05, 0) is 49.7 Å². The van der Waals surface area contributed by atoms with Gasteiger partial charge in [0.15, 0.2) is 0 Å². The van der Waals surface area contributed by atoms with Crippen LogP contribution in [0.1, 0.15) is 46.5 Å². The third-order valence-electron chi connectivity index (χ3n) is 3.33. The first-order valence-corrected chi connectivity index (χ1v) is 8.34. The van der Waals surface area contributed by atoms with Crippen LogP contribution in [0.5, 0.6) is 0 Å². The number of aliphatic hydroxyl groups excluding tert-OH is 1. The van der Waals surface area contributed by atoms with Gasteiger partial charge < -0.3 is 15.5 Å². The maximum absolute atomic E-state index is 11.5. The monoisotopic (exact) mass is 291 g/mol. The van der Waals surface area contributed by atoms with E-state index in [4.69, 9.17) is 5.11 Å². The second-order valence-corrected chi connectivity index (χ2v) is 6.28. The largest absolute Gasteiger partial charge is 0.480 e. The average molecular weight is 291 g/mol. The summed E-state index contributed by atoms with van der Waals surface area (Å²) in [5.74, 6) is 1.47. The molecule has 5 heteroatoms. The molecule has 0 aliphatic heterocycles. The van der Waals surface area contributed by atoms with Crippen LogP contribution in [0.15, 0.2) is 0 Å². The molecule has 4 nitrogen and oxygen atoms in total. The van der Waals surface area contributed by atoms with E-state index in [1.165, 1.54) is 0 Å². The Kier molecular flexibility index (Phi) is 10.4. The topological polar surface area (TPSA) is 69.6 Å². The molecule has 0 aromatic carbocycles.